The van der Waals surface area contributed by atoms with Gasteiger partial charge in [-0.15, -0.1) is 0 Å². The lowest BCUT2D eigenvalue weighted by Gasteiger charge is -2.40. The molecule has 0 aromatic heterocycles. The number of hydrogen-bond acceptors (Lipinski definition) is 5. The van der Waals surface area contributed by atoms with Crippen molar-refractivity contribution in [1.29, 1.82) is 0 Å². The Bertz CT molecular complexity index is 1080. The first kappa shape index (κ1) is 23.3. The number of hydrogen-bond donors (Lipinski definition) is 0. The maximum atomic E-state index is 13.6. The maximum Gasteiger partial charge on any atom is 0.250 e. The summed E-state index contributed by atoms with van der Waals surface area (Å²) < 4.78 is 32.6. The molecule has 0 spiro atoms. The summed E-state index contributed by atoms with van der Waals surface area (Å²) in [6.45, 7) is 1.51. The summed E-state index contributed by atoms with van der Waals surface area (Å²) in [7, 11) is -2.13. The average Bonchev–Trinajstić information content (AvgIpc) is 2.86. The third-order valence-electron chi connectivity index (χ3n) is 6.27. The van der Waals surface area contributed by atoms with Crippen LogP contribution in [0.2, 0.25) is 0 Å². The molecule has 8 nitrogen and oxygen atoms in total. The van der Waals surface area contributed by atoms with Crippen LogP contribution < -0.4 is 4.74 Å². The Morgan fingerprint density at radius 3 is 2.18 bits per heavy atom. The van der Waals surface area contributed by atoms with Crippen molar-refractivity contribution in [3.63, 3.8) is 0 Å². The summed E-state index contributed by atoms with van der Waals surface area (Å²) in [6, 6.07) is 15.0. The number of amides is 2. The Morgan fingerprint density at radius 2 is 1.58 bits per heavy atom. The van der Waals surface area contributed by atoms with Crippen LogP contribution in [-0.2, 0) is 19.6 Å². The molecule has 2 fully saturated rings. The minimum atomic E-state index is -3.66. The van der Waals surface area contributed by atoms with Gasteiger partial charge in [-0.3, -0.25) is 9.59 Å². The average molecular weight is 472 g/mol. The molecule has 9 heteroatoms. The quantitative estimate of drug-likeness (QED) is 0.645. The number of carbonyl (C=O) groups excluding carboxylic acids is 2. The molecule has 2 heterocycles. The second-order valence-corrected chi connectivity index (χ2v) is 10.2. The number of ether oxygens (including phenoxy) is 1. The number of benzene rings is 2. The predicted molar refractivity (Wildman–Crippen MR) is 123 cm³/mol. The number of sulfonamides is 1. The highest BCUT2D eigenvalue weighted by atomic mass is 32.2. The van der Waals surface area contributed by atoms with Crippen molar-refractivity contribution >= 4 is 21.8 Å². The van der Waals surface area contributed by atoms with Crippen molar-refractivity contribution in [3.05, 3.63) is 60.2 Å². The Balaban J connectivity index is 1.49. The summed E-state index contributed by atoms with van der Waals surface area (Å²) >= 11 is 0. The molecule has 4 rings (SSSR count). The Labute approximate surface area is 194 Å². The summed E-state index contributed by atoms with van der Waals surface area (Å²) in [4.78, 5) is 29.8. The highest BCUT2D eigenvalue weighted by Crippen LogP contribution is 2.28. The van der Waals surface area contributed by atoms with Gasteiger partial charge in [0.25, 0.3) is 0 Å². The zero-order chi connectivity index (χ0) is 23.4. The lowest BCUT2D eigenvalue weighted by molar-refractivity contribution is -0.148. The van der Waals surface area contributed by atoms with Gasteiger partial charge in [-0.25, -0.2) is 8.42 Å². The van der Waals surface area contributed by atoms with E-state index < -0.39 is 16.1 Å². The molecule has 33 heavy (non-hydrogen) atoms. The van der Waals surface area contributed by atoms with Gasteiger partial charge in [0, 0.05) is 39.1 Å². The van der Waals surface area contributed by atoms with Crippen LogP contribution in [0.25, 0.3) is 0 Å². The van der Waals surface area contributed by atoms with Crippen LogP contribution in [0.3, 0.4) is 0 Å². The van der Waals surface area contributed by atoms with Crippen LogP contribution in [-0.4, -0.2) is 74.2 Å². The van der Waals surface area contributed by atoms with E-state index in [0.717, 1.165) is 18.4 Å². The fourth-order valence-electron chi connectivity index (χ4n) is 4.41. The van der Waals surface area contributed by atoms with Gasteiger partial charge in [0.1, 0.15) is 11.8 Å². The van der Waals surface area contributed by atoms with Gasteiger partial charge < -0.3 is 14.5 Å². The molecule has 0 bridgehead atoms. The number of rotatable bonds is 6. The van der Waals surface area contributed by atoms with Gasteiger partial charge >= 0.3 is 0 Å². The minimum Gasteiger partial charge on any atom is -0.497 e. The monoisotopic (exact) mass is 471 g/mol. The lowest BCUT2D eigenvalue weighted by Crippen LogP contribution is -2.54. The first-order chi connectivity index (χ1) is 15.9. The Hall–Kier alpha value is -2.91. The van der Waals surface area contributed by atoms with E-state index in [9.17, 15) is 18.0 Å². The number of piperidine rings is 1. The molecule has 0 radical (unpaired) electrons. The molecular weight excluding hydrogens is 442 g/mol. The van der Waals surface area contributed by atoms with E-state index >= 15 is 0 Å². The summed E-state index contributed by atoms with van der Waals surface area (Å²) in [5, 5.41) is 0. The molecule has 0 aliphatic carbocycles. The molecule has 0 saturated carbocycles. The van der Waals surface area contributed by atoms with Crippen molar-refractivity contribution in [2.45, 2.75) is 30.2 Å². The summed E-state index contributed by atoms with van der Waals surface area (Å²) in [5.74, 6) is 0.422. The van der Waals surface area contributed by atoms with Crippen LogP contribution in [0.5, 0.6) is 5.75 Å². The number of likely N-dealkylation sites (tertiary alicyclic amines) is 1. The second kappa shape index (κ2) is 9.93. The van der Waals surface area contributed by atoms with Crippen LogP contribution >= 0.6 is 0 Å². The third kappa shape index (κ3) is 4.89. The third-order valence-corrected chi connectivity index (χ3v) is 8.18. The van der Waals surface area contributed by atoms with Crippen molar-refractivity contribution in [3.8, 4) is 5.75 Å². The second-order valence-electron chi connectivity index (χ2n) is 8.26. The summed E-state index contributed by atoms with van der Waals surface area (Å²) in [6.07, 6.45) is 2.16. The van der Waals surface area contributed by atoms with Gasteiger partial charge in [-0.05, 0) is 42.7 Å². The van der Waals surface area contributed by atoms with Crippen LogP contribution in [0.4, 0.5) is 0 Å². The van der Waals surface area contributed by atoms with Crippen LogP contribution in [0, 0.1) is 0 Å². The lowest BCUT2D eigenvalue weighted by atomic mass is 9.99. The standard InChI is InChI=1S/C24H29N3O5S/c1-32-20-10-12-21(13-11-20)33(30,31)26-17-15-25(16-18-26)24(29)23(19-7-3-2-4-8-19)27-14-6-5-9-22(27)28/h2-4,7-8,10-13,23H,5-6,9,14-18H2,1H3. The van der Waals surface area contributed by atoms with E-state index in [0.29, 0.717) is 18.7 Å². The SMILES string of the molecule is COc1ccc(S(=O)(=O)N2CCN(C(=O)C(c3ccccc3)N3CCCCC3=O)CC2)cc1. The molecule has 176 valence electrons. The number of nitrogens with zero attached hydrogens (tertiary/aromatic N) is 3. The van der Waals surface area contributed by atoms with Gasteiger partial charge in [0.05, 0.1) is 12.0 Å². The molecule has 2 aromatic carbocycles. The number of piperazine rings is 1. The van der Waals surface area contributed by atoms with E-state index in [1.54, 1.807) is 21.9 Å². The molecule has 2 aromatic rings. The fraction of sp³-hybridized carbons (Fsp3) is 0.417. The number of methoxy groups -OCH3 is 1. The Kier molecular flexibility index (Phi) is 6.99. The molecule has 0 N–H and O–H groups in total. The summed E-state index contributed by atoms with van der Waals surface area (Å²) in [5.41, 5.74) is 0.783. The maximum absolute atomic E-state index is 13.6. The van der Waals surface area contributed by atoms with Gasteiger partial charge in [0.15, 0.2) is 0 Å². The molecule has 1 atom stereocenters. The molecule has 1 unspecified atom stereocenters. The van der Waals surface area contributed by atoms with Crippen molar-refractivity contribution < 1.29 is 22.7 Å². The van der Waals surface area contributed by atoms with E-state index in [2.05, 4.69) is 0 Å². The van der Waals surface area contributed by atoms with Gasteiger partial charge in [-0.1, -0.05) is 30.3 Å². The molecule has 2 aliphatic rings. The largest absolute Gasteiger partial charge is 0.497 e. The smallest absolute Gasteiger partial charge is 0.250 e. The van der Waals surface area contributed by atoms with Gasteiger partial charge in [0.2, 0.25) is 21.8 Å². The normalized spacial score (nSPS) is 18.8. The van der Waals surface area contributed by atoms with E-state index in [4.69, 9.17) is 4.74 Å². The molecule has 2 saturated heterocycles. The zero-order valence-corrected chi connectivity index (χ0v) is 19.5. The fourth-order valence-corrected chi connectivity index (χ4v) is 5.83. The van der Waals surface area contributed by atoms with E-state index in [-0.39, 0.29) is 42.9 Å². The molecule has 2 aliphatic heterocycles. The molecule has 2 amide bonds. The number of carbonyl (C=O) groups is 2. The first-order valence-electron chi connectivity index (χ1n) is 11.2. The van der Waals surface area contributed by atoms with Crippen LogP contribution in [0.15, 0.2) is 59.5 Å². The zero-order valence-electron chi connectivity index (χ0n) is 18.7. The predicted octanol–water partition coefficient (Wildman–Crippen LogP) is 2.28. The van der Waals surface area contributed by atoms with Crippen molar-refractivity contribution in [2.24, 2.45) is 0 Å². The first-order valence-corrected chi connectivity index (χ1v) is 12.6. The van der Waals surface area contributed by atoms with Crippen molar-refractivity contribution in [2.75, 3.05) is 39.8 Å². The van der Waals surface area contributed by atoms with E-state index in [1.807, 2.05) is 30.3 Å². The van der Waals surface area contributed by atoms with E-state index in [1.165, 1.54) is 23.5 Å². The van der Waals surface area contributed by atoms with Gasteiger partial charge in [-0.2, -0.15) is 4.31 Å². The minimum absolute atomic E-state index is 0.0100. The topological polar surface area (TPSA) is 87.2 Å². The molecular formula is C24H29N3O5S. The Morgan fingerprint density at radius 1 is 0.909 bits per heavy atom. The van der Waals surface area contributed by atoms with Crippen molar-refractivity contribution in [1.82, 2.24) is 14.1 Å². The highest BCUT2D eigenvalue weighted by Gasteiger charge is 2.37. The van der Waals surface area contributed by atoms with Crippen LogP contribution in [0.1, 0.15) is 30.9 Å². The highest BCUT2D eigenvalue weighted by molar-refractivity contribution is 7.89.